The number of aryl methyl sites for hydroxylation is 1. The van der Waals surface area contributed by atoms with Crippen molar-refractivity contribution in [3.63, 3.8) is 0 Å². The molecular weight excluding hydrogens is 268 g/mol. The van der Waals surface area contributed by atoms with Crippen LogP contribution >= 0.6 is 0 Å². The summed E-state index contributed by atoms with van der Waals surface area (Å²) in [4.78, 5) is 26.9. The van der Waals surface area contributed by atoms with Gasteiger partial charge < -0.3 is 5.11 Å². The van der Waals surface area contributed by atoms with Crippen LogP contribution in [0.4, 0.5) is 5.69 Å². The molecule has 112 valence electrons. The van der Waals surface area contributed by atoms with Gasteiger partial charge >= 0.3 is 5.97 Å². The number of carbonyl (C=O) groups excluding carboxylic acids is 1. The molecule has 3 rings (SSSR count). The zero-order chi connectivity index (χ0) is 14.8. The first-order chi connectivity index (χ1) is 10.1. The van der Waals surface area contributed by atoms with E-state index in [1.54, 1.807) is 0 Å². The SMILES string of the molecule is O=C(O)CCCc1ccc(N2CN3CCCC3C2=O)cc1. The monoisotopic (exact) mass is 288 g/mol. The number of benzene rings is 1. The van der Waals surface area contributed by atoms with Gasteiger partial charge in [-0.25, -0.2) is 0 Å². The normalized spacial score (nSPS) is 21.8. The Balaban J connectivity index is 1.62. The molecule has 1 amide bonds. The van der Waals surface area contributed by atoms with Gasteiger partial charge in [0.05, 0.1) is 12.7 Å². The lowest BCUT2D eigenvalue weighted by molar-refractivity contribution is -0.137. The van der Waals surface area contributed by atoms with E-state index in [1.807, 2.05) is 29.2 Å². The number of hydrogen-bond acceptors (Lipinski definition) is 3. The molecule has 0 radical (unpaired) electrons. The number of nitrogens with zero attached hydrogens (tertiary/aromatic N) is 2. The highest BCUT2D eigenvalue weighted by Gasteiger charge is 2.41. The summed E-state index contributed by atoms with van der Waals surface area (Å²) in [5.41, 5.74) is 2.06. The highest BCUT2D eigenvalue weighted by molar-refractivity contribution is 5.99. The van der Waals surface area contributed by atoms with Gasteiger partial charge in [-0.1, -0.05) is 12.1 Å². The van der Waals surface area contributed by atoms with Crippen molar-refractivity contribution in [1.82, 2.24) is 4.90 Å². The van der Waals surface area contributed by atoms with Crippen molar-refractivity contribution in [2.24, 2.45) is 0 Å². The summed E-state index contributed by atoms with van der Waals surface area (Å²) in [5, 5.41) is 8.64. The van der Waals surface area contributed by atoms with E-state index in [0.717, 1.165) is 37.1 Å². The van der Waals surface area contributed by atoms with Gasteiger partial charge in [0, 0.05) is 18.7 Å². The molecule has 0 aliphatic carbocycles. The summed E-state index contributed by atoms with van der Waals surface area (Å²) >= 11 is 0. The molecule has 1 aromatic carbocycles. The maximum absolute atomic E-state index is 12.3. The zero-order valence-corrected chi connectivity index (χ0v) is 12.0. The second-order valence-corrected chi connectivity index (χ2v) is 5.79. The minimum Gasteiger partial charge on any atom is -0.481 e. The lowest BCUT2D eigenvalue weighted by atomic mass is 10.1. The topological polar surface area (TPSA) is 60.9 Å². The Bertz CT molecular complexity index is 541. The predicted molar refractivity (Wildman–Crippen MR) is 79.1 cm³/mol. The third-order valence-corrected chi connectivity index (χ3v) is 4.34. The molecule has 5 heteroatoms. The number of anilines is 1. The number of aliphatic carboxylic acids is 1. The molecule has 0 bridgehead atoms. The van der Waals surface area contributed by atoms with Crippen molar-refractivity contribution in [3.05, 3.63) is 29.8 Å². The van der Waals surface area contributed by atoms with Gasteiger partial charge in [0.2, 0.25) is 5.91 Å². The molecule has 2 fully saturated rings. The molecule has 2 aliphatic rings. The van der Waals surface area contributed by atoms with Crippen LogP contribution in [0.5, 0.6) is 0 Å². The van der Waals surface area contributed by atoms with Gasteiger partial charge in [-0.05, 0) is 43.4 Å². The third-order valence-electron chi connectivity index (χ3n) is 4.34. The van der Waals surface area contributed by atoms with Crippen LogP contribution in [0.1, 0.15) is 31.2 Å². The fourth-order valence-corrected chi connectivity index (χ4v) is 3.20. The number of carboxylic acid groups (broad SMARTS) is 1. The molecule has 0 spiro atoms. The van der Waals surface area contributed by atoms with E-state index < -0.39 is 5.97 Å². The highest BCUT2D eigenvalue weighted by atomic mass is 16.4. The molecule has 2 heterocycles. The minimum atomic E-state index is -0.755. The van der Waals surface area contributed by atoms with Gasteiger partial charge in [-0.2, -0.15) is 0 Å². The molecule has 5 nitrogen and oxygen atoms in total. The molecule has 0 saturated carbocycles. The largest absolute Gasteiger partial charge is 0.481 e. The van der Waals surface area contributed by atoms with E-state index in [-0.39, 0.29) is 18.4 Å². The van der Waals surface area contributed by atoms with Crippen LogP contribution in [0.2, 0.25) is 0 Å². The van der Waals surface area contributed by atoms with Gasteiger partial charge in [0.1, 0.15) is 0 Å². The van der Waals surface area contributed by atoms with Gasteiger partial charge in [0.25, 0.3) is 0 Å². The van der Waals surface area contributed by atoms with Gasteiger partial charge in [0.15, 0.2) is 0 Å². The van der Waals surface area contributed by atoms with Gasteiger partial charge in [-0.15, -0.1) is 0 Å². The molecule has 1 atom stereocenters. The Labute approximate surface area is 124 Å². The third kappa shape index (κ3) is 2.93. The quantitative estimate of drug-likeness (QED) is 0.898. The zero-order valence-electron chi connectivity index (χ0n) is 12.0. The summed E-state index contributed by atoms with van der Waals surface area (Å²) < 4.78 is 0. The standard InChI is InChI=1S/C16H20N2O3/c19-15(20)5-1-3-12-6-8-13(9-7-12)18-11-17-10-2-4-14(17)16(18)21/h6-9,14H,1-5,10-11H2,(H,19,20). The van der Waals surface area contributed by atoms with Crippen molar-refractivity contribution in [1.29, 1.82) is 0 Å². The maximum atomic E-state index is 12.3. The first-order valence-corrected chi connectivity index (χ1v) is 7.51. The lowest BCUT2D eigenvalue weighted by Gasteiger charge is -2.17. The summed E-state index contributed by atoms with van der Waals surface area (Å²) in [6.45, 7) is 1.71. The Morgan fingerprint density at radius 1 is 1.29 bits per heavy atom. The second kappa shape index (κ2) is 5.85. The Kier molecular flexibility index (Phi) is 3.92. The number of amides is 1. The van der Waals surface area contributed by atoms with Crippen LogP contribution in [0, 0.1) is 0 Å². The predicted octanol–water partition coefficient (Wildman–Crippen LogP) is 1.86. The smallest absolute Gasteiger partial charge is 0.303 e. The van der Waals surface area contributed by atoms with Crippen LogP contribution in [0.3, 0.4) is 0 Å². The molecule has 1 aromatic rings. The molecule has 21 heavy (non-hydrogen) atoms. The van der Waals surface area contributed by atoms with Crippen molar-refractivity contribution >= 4 is 17.6 Å². The minimum absolute atomic E-state index is 0.0836. The van der Waals surface area contributed by atoms with E-state index in [9.17, 15) is 9.59 Å². The first kappa shape index (κ1) is 14.1. The summed E-state index contributed by atoms with van der Waals surface area (Å²) in [5.74, 6) is -0.541. The van der Waals surface area contributed by atoms with E-state index >= 15 is 0 Å². The Morgan fingerprint density at radius 2 is 2.05 bits per heavy atom. The van der Waals surface area contributed by atoms with Crippen molar-refractivity contribution < 1.29 is 14.7 Å². The number of carbonyl (C=O) groups is 2. The van der Waals surface area contributed by atoms with Crippen LogP contribution in [-0.2, 0) is 16.0 Å². The number of rotatable bonds is 5. The average Bonchev–Trinajstić information content (AvgIpc) is 3.03. The fourth-order valence-electron chi connectivity index (χ4n) is 3.20. The van der Waals surface area contributed by atoms with E-state index in [4.69, 9.17) is 5.11 Å². The van der Waals surface area contributed by atoms with E-state index in [1.165, 1.54) is 0 Å². The van der Waals surface area contributed by atoms with Crippen molar-refractivity contribution in [2.75, 3.05) is 18.1 Å². The van der Waals surface area contributed by atoms with Crippen LogP contribution in [0.15, 0.2) is 24.3 Å². The second-order valence-electron chi connectivity index (χ2n) is 5.79. The maximum Gasteiger partial charge on any atom is 0.303 e. The van der Waals surface area contributed by atoms with Gasteiger partial charge in [-0.3, -0.25) is 19.4 Å². The average molecular weight is 288 g/mol. The Morgan fingerprint density at radius 3 is 2.71 bits per heavy atom. The highest BCUT2D eigenvalue weighted by Crippen LogP contribution is 2.29. The molecule has 1 unspecified atom stereocenters. The van der Waals surface area contributed by atoms with E-state index in [0.29, 0.717) is 13.1 Å². The van der Waals surface area contributed by atoms with Crippen LogP contribution in [0.25, 0.3) is 0 Å². The molecule has 0 aromatic heterocycles. The number of fused-ring (bicyclic) bond motifs is 1. The number of carboxylic acids is 1. The summed E-state index contributed by atoms with van der Waals surface area (Å²) in [6, 6.07) is 8.01. The van der Waals surface area contributed by atoms with Crippen molar-refractivity contribution in [2.45, 2.75) is 38.1 Å². The fraction of sp³-hybridized carbons (Fsp3) is 0.500. The van der Waals surface area contributed by atoms with Crippen LogP contribution < -0.4 is 4.90 Å². The Hall–Kier alpha value is -1.88. The number of hydrogen-bond donors (Lipinski definition) is 1. The molecular formula is C16H20N2O3. The molecule has 2 saturated heterocycles. The molecule has 2 aliphatic heterocycles. The lowest BCUT2D eigenvalue weighted by Crippen LogP contribution is -2.29. The van der Waals surface area contributed by atoms with Crippen LogP contribution in [-0.4, -0.2) is 41.1 Å². The first-order valence-electron chi connectivity index (χ1n) is 7.51. The summed E-state index contributed by atoms with van der Waals surface area (Å²) in [7, 11) is 0. The summed E-state index contributed by atoms with van der Waals surface area (Å²) in [6.07, 6.45) is 3.70. The molecule has 1 N–H and O–H groups in total. The van der Waals surface area contributed by atoms with Crippen molar-refractivity contribution in [3.8, 4) is 0 Å². The van der Waals surface area contributed by atoms with E-state index in [2.05, 4.69) is 4.90 Å².